The number of anilines is 2. The van der Waals surface area contributed by atoms with Crippen LogP contribution in [-0.2, 0) is 11.2 Å². The minimum Gasteiger partial charge on any atom is -0.478 e. The van der Waals surface area contributed by atoms with Crippen LogP contribution in [0.1, 0.15) is 35.2 Å². The van der Waals surface area contributed by atoms with E-state index in [0.717, 1.165) is 37.3 Å². The first-order chi connectivity index (χ1) is 12.1. The Balaban J connectivity index is 1.61. The lowest BCUT2D eigenvalue weighted by molar-refractivity contribution is -0.115. The van der Waals surface area contributed by atoms with E-state index in [-0.39, 0.29) is 17.9 Å². The third kappa shape index (κ3) is 4.53. The van der Waals surface area contributed by atoms with E-state index in [1.54, 1.807) is 18.3 Å². The Morgan fingerprint density at radius 1 is 1.08 bits per heavy atom. The van der Waals surface area contributed by atoms with Crippen LogP contribution < -0.4 is 10.2 Å². The second-order valence-corrected chi connectivity index (χ2v) is 6.04. The quantitative estimate of drug-likeness (QED) is 0.867. The van der Waals surface area contributed by atoms with Gasteiger partial charge in [-0.05, 0) is 37.0 Å². The Labute approximate surface area is 145 Å². The highest BCUT2D eigenvalue weighted by Gasteiger charge is 2.14. The summed E-state index contributed by atoms with van der Waals surface area (Å²) in [6.45, 7) is 1.92. The average Bonchev–Trinajstić information content (AvgIpc) is 2.63. The van der Waals surface area contributed by atoms with Crippen molar-refractivity contribution in [3.8, 4) is 0 Å². The number of carbonyl (C=O) groups excluding carboxylic acids is 1. The summed E-state index contributed by atoms with van der Waals surface area (Å²) >= 11 is 0. The number of nitrogens with one attached hydrogen (secondary N) is 1. The number of carbonyl (C=O) groups is 2. The molecule has 130 valence electrons. The number of piperidine rings is 1. The molecule has 1 fully saturated rings. The predicted octanol–water partition coefficient (Wildman–Crippen LogP) is 2.35. The highest BCUT2D eigenvalue weighted by atomic mass is 16.4. The van der Waals surface area contributed by atoms with Crippen molar-refractivity contribution >= 4 is 23.5 Å². The van der Waals surface area contributed by atoms with Gasteiger partial charge >= 0.3 is 5.97 Å². The van der Waals surface area contributed by atoms with Gasteiger partial charge in [0.05, 0.1) is 24.4 Å². The number of aromatic carboxylic acids is 1. The fourth-order valence-corrected chi connectivity index (χ4v) is 2.83. The number of carboxylic acids is 1. The van der Waals surface area contributed by atoms with Gasteiger partial charge in [0.15, 0.2) is 5.82 Å². The van der Waals surface area contributed by atoms with Crippen molar-refractivity contribution in [2.24, 2.45) is 0 Å². The van der Waals surface area contributed by atoms with Crippen molar-refractivity contribution in [3.05, 3.63) is 47.8 Å². The van der Waals surface area contributed by atoms with Gasteiger partial charge in [-0.15, -0.1) is 0 Å². The average molecular weight is 340 g/mol. The molecule has 0 spiro atoms. The van der Waals surface area contributed by atoms with Crippen LogP contribution in [0.25, 0.3) is 0 Å². The van der Waals surface area contributed by atoms with Crippen LogP contribution in [0, 0.1) is 0 Å². The van der Waals surface area contributed by atoms with Gasteiger partial charge in [-0.2, -0.15) is 0 Å². The van der Waals surface area contributed by atoms with Gasteiger partial charge in [0.2, 0.25) is 5.91 Å². The van der Waals surface area contributed by atoms with Crippen LogP contribution in [0.15, 0.2) is 36.7 Å². The fraction of sp³-hybridized carbons (Fsp3) is 0.333. The van der Waals surface area contributed by atoms with Gasteiger partial charge in [-0.1, -0.05) is 12.1 Å². The molecule has 0 atom stereocenters. The second-order valence-electron chi connectivity index (χ2n) is 6.04. The Morgan fingerprint density at radius 2 is 1.80 bits per heavy atom. The summed E-state index contributed by atoms with van der Waals surface area (Å²) in [5.74, 6) is 0.00696. The molecule has 0 saturated carbocycles. The molecule has 1 aliphatic rings. The van der Waals surface area contributed by atoms with Crippen LogP contribution in [0.3, 0.4) is 0 Å². The molecular formula is C18H20N4O3. The Bertz CT molecular complexity index is 755. The summed E-state index contributed by atoms with van der Waals surface area (Å²) < 4.78 is 0. The summed E-state index contributed by atoms with van der Waals surface area (Å²) in [4.78, 5) is 33.8. The molecule has 0 aliphatic carbocycles. The minimum atomic E-state index is -0.985. The Kier molecular flexibility index (Phi) is 5.23. The van der Waals surface area contributed by atoms with Gasteiger partial charge in [0.25, 0.3) is 0 Å². The van der Waals surface area contributed by atoms with Crippen LogP contribution in [0.4, 0.5) is 11.6 Å². The van der Waals surface area contributed by atoms with Gasteiger partial charge in [0, 0.05) is 13.1 Å². The van der Waals surface area contributed by atoms with Gasteiger partial charge in [0.1, 0.15) is 5.82 Å². The third-order valence-electron chi connectivity index (χ3n) is 4.13. The van der Waals surface area contributed by atoms with Crippen LogP contribution in [0.2, 0.25) is 0 Å². The zero-order valence-corrected chi connectivity index (χ0v) is 13.8. The summed E-state index contributed by atoms with van der Waals surface area (Å²) in [6, 6.07) is 6.25. The summed E-state index contributed by atoms with van der Waals surface area (Å²) in [7, 11) is 0. The molecule has 2 N–H and O–H groups in total. The zero-order chi connectivity index (χ0) is 17.6. The fourth-order valence-electron chi connectivity index (χ4n) is 2.83. The van der Waals surface area contributed by atoms with Crippen molar-refractivity contribution in [2.45, 2.75) is 25.7 Å². The van der Waals surface area contributed by atoms with Gasteiger partial charge in [-0.25, -0.2) is 9.78 Å². The monoisotopic (exact) mass is 340 g/mol. The molecule has 1 amide bonds. The first-order valence-electron chi connectivity index (χ1n) is 8.31. The van der Waals surface area contributed by atoms with E-state index in [4.69, 9.17) is 5.11 Å². The zero-order valence-electron chi connectivity index (χ0n) is 13.8. The van der Waals surface area contributed by atoms with Crippen molar-refractivity contribution in [1.82, 2.24) is 9.97 Å². The first kappa shape index (κ1) is 16.9. The third-order valence-corrected chi connectivity index (χ3v) is 4.13. The van der Waals surface area contributed by atoms with E-state index >= 15 is 0 Å². The van der Waals surface area contributed by atoms with E-state index in [1.165, 1.54) is 24.8 Å². The number of nitrogens with zero attached hydrogens (tertiary/aromatic N) is 3. The predicted molar refractivity (Wildman–Crippen MR) is 93.8 cm³/mol. The lowest BCUT2D eigenvalue weighted by Crippen LogP contribution is -2.30. The summed E-state index contributed by atoms with van der Waals surface area (Å²) in [5.41, 5.74) is 0.937. The molecule has 2 aromatic rings. The molecule has 3 rings (SSSR count). The normalized spacial score (nSPS) is 14.2. The molecule has 1 aromatic carbocycles. The van der Waals surface area contributed by atoms with Crippen LogP contribution in [-0.4, -0.2) is 40.0 Å². The summed E-state index contributed by atoms with van der Waals surface area (Å²) in [6.07, 6.45) is 6.91. The number of rotatable bonds is 5. The molecule has 0 unspecified atom stereocenters. The maximum Gasteiger partial charge on any atom is 0.335 e. The van der Waals surface area contributed by atoms with E-state index in [9.17, 15) is 9.59 Å². The molecule has 7 heteroatoms. The minimum absolute atomic E-state index is 0.148. The molecule has 1 aliphatic heterocycles. The molecule has 1 saturated heterocycles. The number of hydrogen-bond acceptors (Lipinski definition) is 5. The Hall–Kier alpha value is -2.96. The molecule has 25 heavy (non-hydrogen) atoms. The highest BCUT2D eigenvalue weighted by molar-refractivity contribution is 5.92. The Morgan fingerprint density at radius 3 is 2.48 bits per heavy atom. The molecule has 0 radical (unpaired) electrons. The van der Waals surface area contributed by atoms with E-state index < -0.39 is 5.97 Å². The largest absolute Gasteiger partial charge is 0.478 e. The van der Waals surface area contributed by atoms with E-state index in [1.807, 2.05) is 0 Å². The second kappa shape index (κ2) is 7.74. The molecule has 0 bridgehead atoms. The van der Waals surface area contributed by atoms with Crippen molar-refractivity contribution < 1.29 is 14.7 Å². The topological polar surface area (TPSA) is 95.4 Å². The molecule has 7 nitrogen and oxygen atoms in total. The van der Waals surface area contributed by atoms with Gasteiger partial charge in [-0.3, -0.25) is 9.78 Å². The first-order valence-corrected chi connectivity index (χ1v) is 8.31. The number of hydrogen-bond donors (Lipinski definition) is 2. The molecule has 2 heterocycles. The van der Waals surface area contributed by atoms with E-state index in [0.29, 0.717) is 5.82 Å². The number of aromatic nitrogens is 2. The lowest BCUT2D eigenvalue weighted by atomic mass is 10.1. The maximum atomic E-state index is 12.2. The smallest absolute Gasteiger partial charge is 0.335 e. The summed E-state index contributed by atoms with van der Waals surface area (Å²) in [5, 5.41) is 11.6. The number of benzene rings is 1. The number of amides is 1. The van der Waals surface area contributed by atoms with E-state index in [2.05, 4.69) is 20.2 Å². The SMILES string of the molecule is O=C(Cc1ccc(C(=O)O)cc1)Nc1cncc(N2CCCCC2)n1. The maximum absolute atomic E-state index is 12.2. The molecular weight excluding hydrogens is 320 g/mol. The van der Waals surface area contributed by atoms with Crippen molar-refractivity contribution in [1.29, 1.82) is 0 Å². The van der Waals surface area contributed by atoms with Crippen molar-refractivity contribution in [2.75, 3.05) is 23.3 Å². The van der Waals surface area contributed by atoms with Gasteiger partial charge < -0.3 is 15.3 Å². The molecule has 1 aromatic heterocycles. The van der Waals surface area contributed by atoms with Crippen molar-refractivity contribution in [3.63, 3.8) is 0 Å². The number of carboxylic acid groups (broad SMARTS) is 1. The highest BCUT2D eigenvalue weighted by Crippen LogP contribution is 2.18. The lowest BCUT2D eigenvalue weighted by Gasteiger charge is -2.27. The van der Waals surface area contributed by atoms with Crippen LogP contribution >= 0.6 is 0 Å². The standard InChI is InChI=1S/C18H20N4O3/c23-17(10-13-4-6-14(7-5-13)18(24)25)21-15-11-19-12-16(20-15)22-8-2-1-3-9-22/h4-7,11-12H,1-3,8-10H2,(H,24,25)(H,20,21,23). The van der Waals surface area contributed by atoms with Crippen LogP contribution in [0.5, 0.6) is 0 Å².